The number of hydrogen-bond donors (Lipinski definition) is 2. The first-order valence-electron chi connectivity index (χ1n) is 10.3. The van der Waals surface area contributed by atoms with E-state index in [1.807, 2.05) is 11.8 Å². The molecule has 2 rings (SSSR count). The summed E-state index contributed by atoms with van der Waals surface area (Å²) >= 11 is 1.85. The monoisotopic (exact) mass is 395 g/mol. The molecule has 0 aliphatic carbocycles. The molecule has 0 amide bonds. The van der Waals surface area contributed by atoms with Gasteiger partial charge in [-0.15, -0.1) is 10.2 Å². The number of aryl methyl sites for hydroxylation is 1. The van der Waals surface area contributed by atoms with E-state index in [1.54, 1.807) is 6.33 Å². The Hall–Kier alpha value is -1.28. The summed E-state index contributed by atoms with van der Waals surface area (Å²) in [5.74, 6) is 3.93. The second-order valence-corrected chi connectivity index (χ2v) is 8.23. The first-order valence-corrected chi connectivity index (χ1v) is 11.7. The van der Waals surface area contributed by atoms with Gasteiger partial charge < -0.3 is 20.1 Å². The number of aliphatic imine (C=N–C) groups is 1. The second-order valence-electron chi connectivity index (χ2n) is 7.25. The quantitative estimate of drug-likeness (QED) is 0.339. The summed E-state index contributed by atoms with van der Waals surface area (Å²) in [7, 11) is 0. The Morgan fingerprint density at radius 2 is 2.04 bits per heavy atom. The molecule has 1 aromatic heterocycles. The Labute approximate surface area is 168 Å². The fourth-order valence-corrected chi connectivity index (χ4v) is 3.56. The summed E-state index contributed by atoms with van der Waals surface area (Å²) < 4.78 is 2.10. The molecule has 0 atom stereocenters. The van der Waals surface area contributed by atoms with Crippen LogP contribution in [0.3, 0.4) is 0 Å². The van der Waals surface area contributed by atoms with Crippen LogP contribution in [0.5, 0.6) is 0 Å². The molecule has 27 heavy (non-hydrogen) atoms. The zero-order valence-electron chi connectivity index (χ0n) is 17.3. The predicted molar refractivity (Wildman–Crippen MR) is 116 cm³/mol. The van der Waals surface area contributed by atoms with Crippen LogP contribution in [0.1, 0.15) is 38.9 Å². The van der Waals surface area contributed by atoms with Gasteiger partial charge in [0.15, 0.2) is 5.96 Å². The van der Waals surface area contributed by atoms with Crippen molar-refractivity contribution in [3.8, 4) is 0 Å². The highest BCUT2D eigenvalue weighted by Gasteiger charge is 2.14. The van der Waals surface area contributed by atoms with Gasteiger partial charge in [-0.2, -0.15) is 11.8 Å². The summed E-state index contributed by atoms with van der Waals surface area (Å²) in [6.07, 6.45) is 8.64. The largest absolute Gasteiger partial charge is 0.356 e. The number of nitrogens with one attached hydrogen (secondary N) is 2. The molecule has 0 radical (unpaired) electrons. The van der Waals surface area contributed by atoms with Crippen LogP contribution < -0.4 is 10.6 Å². The average molecular weight is 396 g/mol. The highest BCUT2D eigenvalue weighted by atomic mass is 32.2. The SMILES string of the molecule is CCc1nncn1CCNC(=NCCCN1CCC(C)CC1)NCCSC. The maximum atomic E-state index is 4.77. The Balaban J connectivity index is 1.71. The number of likely N-dealkylation sites (tertiary alicyclic amines) is 1. The molecule has 1 aliphatic heterocycles. The minimum Gasteiger partial charge on any atom is -0.356 e. The van der Waals surface area contributed by atoms with Gasteiger partial charge in [0.05, 0.1) is 0 Å². The van der Waals surface area contributed by atoms with Crippen LogP contribution in [-0.4, -0.2) is 76.9 Å². The Morgan fingerprint density at radius 1 is 1.26 bits per heavy atom. The molecule has 0 spiro atoms. The third-order valence-electron chi connectivity index (χ3n) is 5.03. The first kappa shape index (κ1) is 22.0. The van der Waals surface area contributed by atoms with Crippen LogP contribution in [0.4, 0.5) is 0 Å². The lowest BCUT2D eigenvalue weighted by molar-refractivity contribution is 0.192. The van der Waals surface area contributed by atoms with E-state index in [4.69, 9.17) is 4.99 Å². The number of hydrogen-bond acceptors (Lipinski definition) is 5. The predicted octanol–water partition coefficient (Wildman–Crippen LogP) is 1.86. The number of nitrogens with zero attached hydrogens (tertiary/aromatic N) is 5. The summed E-state index contributed by atoms with van der Waals surface area (Å²) in [6, 6.07) is 0. The highest BCUT2D eigenvalue weighted by molar-refractivity contribution is 7.98. The normalized spacial score (nSPS) is 16.6. The van der Waals surface area contributed by atoms with E-state index >= 15 is 0 Å². The number of guanidine groups is 1. The van der Waals surface area contributed by atoms with Gasteiger partial charge in [-0.25, -0.2) is 0 Å². The van der Waals surface area contributed by atoms with Crippen molar-refractivity contribution in [2.75, 3.05) is 51.3 Å². The molecular formula is C19H37N7S. The fraction of sp³-hybridized carbons (Fsp3) is 0.842. The fourth-order valence-electron chi connectivity index (χ4n) is 3.25. The molecule has 154 valence electrons. The van der Waals surface area contributed by atoms with Crippen molar-refractivity contribution in [3.63, 3.8) is 0 Å². The third-order valence-corrected chi connectivity index (χ3v) is 5.65. The lowest BCUT2D eigenvalue weighted by atomic mass is 9.99. The van der Waals surface area contributed by atoms with E-state index in [9.17, 15) is 0 Å². The Kier molecular flexibility index (Phi) is 10.6. The topological polar surface area (TPSA) is 70.4 Å². The smallest absolute Gasteiger partial charge is 0.191 e. The van der Waals surface area contributed by atoms with E-state index in [-0.39, 0.29) is 0 Å². The summed E-state index contributed by atoms with van der Waals surface area (Å²) in [5.41, 5.74) is 0. The van der Waals surface area contributed by atoms with E-state index in [1.165, 1.54) is 25.9 Å². The van der Waals surface area contributed by atoms with Gasteiger partial charge >= 0.3 is 0 Å². The lowest BCUT2D eigenvalue weighted by Gasteiger charge is -2.29. The minimum atomic E-state index is 0.820. The average Bonchev–Trinajstić information content (AvgIpc) is 3.14. The zero-order valence-corrected chi connectivity index (χ0v) is 18.1. The molecule has 2 heterocycles. The van der Waals surface area contributed by atoms with Gasteiger partial charge in [0.1, 0.15) is 12.2 Å². The maximum absolute atomic E-state index is 4.77. The minimum absolute atomic E-state index is 0.820. The molecule has 1 fully saturated rings. The van der Waals surface area contributed by atoms with Crippen molar-refractivity contribution >= 4 is 17.7 Å². The van der Waals surface area contributed by atoms with Crippen molar-refractivity contribution < 1.29 is 0 Å². The molecule has 1 aromatic rings. The van der Waals surface area contributed by atoms with Crippen molar-refractivity contribution in [2.24, 2.45) is 10.9 Å². The highest BCUT2D eigenvalue weighted by Crippen LogP contribution is 2.15. The van der Waals surface area contributed by atoms with Gasteiger partial charge in [-0.05, 0) is 51.1 Å². The lowest BCUT2D eigenvalue weighted by Crippen LogP contribution is -2.40. The maximum Gasteiger partial charge on any atom is 0.191 e. The van der Waals surface area contributed by atoms with Crippen LogP contribution in [0.25, 0.3) is 0 Å². The summed E-state index contributed by atoms with van der Waals surface area (Å²) in [6.45, 7) is 11.6. The van der Waals surface area contributed by atoms with Crippen molar-refractivity contribution in [1.29, 1.82) is 0 Å². The molecule has 0 unspecified atom stereocenters. The van der Waals surface area contributed by atoms with Crippen molar-refractivity contribution in [3.05, 3.63) is 12.2 Å². The van der Waals surface area contributed by atoms with Gasteiger partial charge in [0, 0.05) is 38.4 Å². The van der Waals surface area contributed by atoms with Crippen molar-refractivity contribution in [2.45, 2.75) is 46.1 Å². The van der Waals surface area contributed by atoms with E-state index in [0.717, 1.165) is 69.0 Å². The zero-order chi connectivity index (χ0) is 19.3. The second kappa shape index (κ2) is 13.0. The molecule has 8 heteroatoms. The molecule has 0 aromatic carbocycles. The molecule has 1 saturated heterocycles. The molecule has 7 nitrogen and oxygen atoms in total. The van der Waals surface area contributed by atoms with Gasteiger partial charge in [-0.3, -0.25) is 4.99 Å². The van der Waals surface area contributed by atoms with Gasteiger partial charge in [0.2, 0.25) is 0 Å². The van der Waals surface area contributed by atoms with E-state index in [2.05, 4.69) is 50.4 Å². The summed E-state index contributed by atoms with van der Waals surface area (Å²) in [5, 5.41) is 15.0. The van der Waals surface area contributed by atoms with Crippen LogP contribution in [0.15, 0.2) is 11.3 Å². The van der Waals surface area contributed by atoms with Gasteiger partial charge in [-0.1, -0.05) is 13.8 Å². The van der Waals surface area contributed by atoms with E-state index in [0.29, 0.717) is 0 Å². The van der Waals surface area contributed by atoms with Crippen LogP contribution in [0, 0.1) is 5.92 Å². The standard InChI is InChI=1S/C19H37N7S/c1-4-18-24-23-16-26(18)14-9-21-19(22-10-15-27-3)20-8-5-11-25-12-6-17(2)7-13-25/h16-17H,4-15H2,1-3H3,(H2,20,21,22). The Bertz CT molecular complexity index is 538. The van der Waals surface area contributed by atoms with Crippen LogP contribution >= 0.6 is 11.8 Å². The molecular weight excluding hydrogens is 358 g/mol. The Morgan fingerprint density at radius 3 is 2.78 bits per heavy atom. The van der Waals surface area contributed by atoms with Crippen LogP contribution in [-0.2, 0) is 13.0 Å². The van der Waals surface area contributed by atoms with Gasteiger partial charge in [0.25, 0.3) is 0 Å². The van der Waals surface area contributed by atoms with Crippen molar-refractivity contribution in [1.82, 2.24) is 30.3 Å². The first-order chi connectivity index (χ1) is 13.2. The molecule has 0 bridgehead atoms. The van der Waals surface area contributed by atoms with E-state index < -0.39 is 0 Å². The molecule has 1 aliphatic rings. The third kappa shape index (κ3) is 8.51. The number of piperidine rings is 1. The van der Waals surface area contributed by atoms with Crippen LogP contribution in [0.2, 0.25) is 0 Å². The number of thioether (sulfide) groups is 1. The summed E-state index contributed by atoms with van der Waals surface area (Å²) in [4.78, 5) is 7.36. The molecule has 0 saturated carbocycles. The number of rotatable bonds is 11. The number of aromatic nitrogens is 3. The molecule has 2 N–H and O–H groups in total.